The number of hydrogen-bond donors (Lipinski definition) is 2. The molecule has 4 nitrogen and oxygen atoms in total. The Kier molecular flexibility index (Phi) is 4.80. The minimum absolute atomic E-state index is 0.0288. The van der Waals surface area contributed by atoms with Gasteiger partial charge in [-0.1, -0.05) is 42.1 Å². The van der Waals surface area contributed by atoms with Gasteiger partial charge in [-0.25, -0.2) is 4.98 Å². The lowest BCUT2D eigenvalue weighted by molar-refractivity contribution is -0.118. The lowest BCUT2D eigenvalue weighted by atomic mass is 10.2. The third-order valence-corrected chi connectivity index (χ3v) is 3.49. The topological polar surface area (TPSA) is 68.0 Å². The summed E-state index contributed by atoms with van der Waals surface area (Å²) in [6.45, 7) is 0.540. The zero-order valence-corrected chi connectivity index (χ0v) is 11.2. The summed E-state index contributed by atoms with van der Waals surface area (Å²) in [7, 11) is 0. The maximum Gasteiger partial charge on any atom is 0.230 e. The second kappa shape index (κ2) is 6.80. The maximum atomic E-state index is 11.7. The highest BCUT2D eigenvalue weighted by Gasteiger charge is 2.05. The Labute approximate surface area is 116 Å². The van der Waals surface area contributed by atoms with Gasteiger partial charge >= 0.3 is 0 Å². The van der Waals surface area contributed by atoms with Gasteiger partial charge in [-0.05, 0) is 17.7 Å². The van der Waals surface area contributed by atoms with Crippen molar-refractivity contribution in [1.82, 2.24) is 10.3 Å². The van der Waals surface area contributed by atoms with Crippen LogP contribution in [0.5, 0.6) is 0 Å². The number of carbonyl (C=O) groups excluding carboxylic acids is 1. The molecular formula is C14H15N3OS. The van der Waals surface area contributed by atoms with E-state index >= 15 is 0 Å². The molecule has 98 valence electrons. The molecule has 0 unspecified atom stereocenters. The lowest BCUT2D eigenvalue weighted by Gasteiger charge is -2.06. The molecule has 2 rings (SSSR count). The number of benzene rings is 1. The van der Waals surface area contributed by atoms with Crippen LogP contribution in [0.1, 0.15) is 5.56 Å². The van der Waals surface area contributed by atoms with E-state index in [4.69, 9.17) is 5.73 Å². The van der Waals surface area contributed by atoms with Crippen molar-refractivity contribution in [2.45, 2.75) is 11.6 Å². The highest BCUT2D eigenvalue weighted by molar-refractivity contribution is 8.00. The van der Waals surface area contributed by atoms with Crippen LogP contribution in [-0.2, 0) is 11.3 Å². The lowest BCUT2D eigenvalue weighted by Crippen LogP contribution is -2.24. The fourth-order valence-electron chi connectivity index (χ4n) is 1.51. The first kappa shape index (κ1) is 13.4. The van der Waals surface area contributed by atoms with Crippen LogP contribution in [0, 0.1) is 0 Å². The highest BCUT2D eigenvalue weighted by atomic mass is 32.2. The van der Waals surface area contributed by atoms with Crippen molar-refractivity contribution in [3.63, 3.8) is 0 Å². The van der Waals surface area contributed by atoms with Crippen LogP contribution >= 0.6 is 11.8 Å². The molecule has 0 atom stereocenters. The molecule has 1 aromatic carbocycles. The molecule has 19 heavy (non-hydrogen) atoms. The predicted molar refractivity (Wildman–Crippen MR) is 77.7 cm³/mol. The first-order valence-electron chi connectivity index (χ1n) is 5.89. The molecule has 0 aliphatic heterocycles. The van der Waals surface area contributed by atoms with E-state index in [1.54, 1.807) is 18.3 Å². The van der Waals surface area contributed by atoms with Gasteiger partial charge in [-0.15, -0.1) is 0 Å². The molecule has 0 spiro atoms. The molecule has 2 aromatic rings. The summed E-state index contributed by atoms with van der Waals surface area (Å²) in [6.07, 6.45) is 1.67. The van der Waals surface area contributed by atoms with Crippen LogP contribution in [0.3, 0.4) is 0 Å². The minimum Gasteiger partial charge on any atom is -0.397 e. The predicted octanol–water partition coefficient (Wildman–Crippen LogP) is 2.07. The smallest absolute Gasteiger partial charge is 0.230 e. The van der Waals surface area contributed by atoms with Gasteiger partial charge < -0.3 is 11.1 Å². The summed E-state index contributed by atoms with van der Waals surface area (Å²) in [4.78, 5) is 15.8. The molecule has 1 amide bonds. The molecule has 0 saturated heterocycles. The zero-order chi connectivity index (χ0) is 13.5. The van der Waals surface area contributed by atoms with Gasteiger partial charge in [0, 0.05) is 12.7 Å². The quantitative estimate of drug-likeness (QED) is 0.818. The van der Waals surface area contributed by atoms with Gasteiger partial charge in [0.15, 0.2) is 0 Å². The summed E-state index contributed by atoms with van der Waals surface area (Å²) in [5.41, 5.74) is 7.44. The summed E-state index contributed by atoms with van der Waals surface area (Å²) < 4.78 is 0. The number of thioether (sulfide) groups is 1. The number of nitrogen functional groups attached to an aromatic ring is 1. The highest BCUT2D eigenvalue weighted by Crippen LogP contribution is 2.20. The van der Waals surface area contributed by atoms with Gasteiger partial charge in [0.25, 0.3) is 0 Å². The normalized spacial score (nSPS) is 10.1. The van der Waals surface area contributed by atoms with E-state index in [1.165, 1.54) is 11.8 Å². The zero-order valence-electron chi connectivity index (χ0n) is 10.4. The molecule has 0 bridgehead atoms. The fourth-order valence-corrected chi connectivity index (χ4v) is 2.25. The molecule has 1 heterocycles. The van der Waals surface area contributed by atoms with E-state index in [0.717, 1.165) is 5.56 Å². The Bertz CT molecular complexity index is 545. The first-order chi connectivity index (χ1) is 9.25. The number of hydrogen-bond acceptors (Lipinski definition) is 4. The Morgan fingerprint density at radius 1 is 1.21 bits per heavy atom. The monoisotopic (exact) mass is 273 g/mol. The number of rotatable bonds is 5. The van der Waals surface area contributed by atoms with E-state index in [1.807, 2.05) is 30.3 Å². The van der Waals surface area contributed by atoms with Gasteiger partial charge in [0.05, 0.1) is 11.4 Å². The second-order valence-electron chi connectivity index (χ2n) is 3.95. The Hall–Kier alpha value is -2.01. The van der Waals surface area contributed by atoms with Crippen molar-refractivity contribution < 1.29 is 4.79 Å². The van der Waals surface area contributed by atoms with Crippen molar-refractivity contribution in [2.24, 2.45) is 0 Å². The SMILES string of the molecule is Nc1cccnc1SCC(=O)NCc1ccccc1. The number of nitrogens with zero attached hydrogens (tertiary/aromatic N) is 1. The second-order valence-corrected chi connectivity index (χ2v) is 4.91. The molecule has 0 saturated carbocycles. The van der Waals surface area contributed by atoms with Gasteiger partial charge in [-0.2, -0.15) is 0 Å². The first-order valence-corrected chi connectivity index (χ1v) is 6.88. The standard InChI is InChI=1S/C14H15N3OS/c15-12-7-4-8-16-14(12)19-10-13(18)17-9-11-5-2-1-3-6-11/h1-8H,9-10,15H2,(H,17,18). The van der Waals surface area contributed by atoms with E-state index in [2.05, 4.69) is 10.3 Å². The number of carbonyl (C=O) groups is 1. The molecule has 0 radical (unpaired) electrons. The van der Waals surface area contributed by atoms with E-state index in [9.17, 15) is 4.79 Å². The van der Waals surface area contributed by atoms with Crippen molar-refractivity contribution >= 4 is 23.4 Å². The summed E-state index contributed by atoms with van der Waals surface area (Å²) >= 11 is 1.34. The number of aromatic nitrogens is 1. The minimum atomic E-state index is -0.0288. The van der Waals surface area contributed by atoms with Crippen LogP contribution in [0.15, 0.2) is 53.7 Å². The van der Waals surface area contributed by atoms with E-state index in [0.29, 0.717) is 23.0 Å². The third-order valence-electron chi connectivity index (χ3n) is 2.47. The number of nitrogens with two attached hydrogens (primary N) is 1. The van der Waals surface area contributed by atoms with Crippen LogP contribution in [0.2, 0.25) is 0 Å². The molecule has 3 N–H and O–H groups in total. The van der Waals surface area contributed by atoms with Crippen LogP contribution in [0.25, 0.3) is 0 Å². The average Bonchev–Trinajstić information content (AvgIpc) is 2.45. The van der Waals surface area contributed by atoms with Crippen LogP contribution < -0.4 is 11.1 Å². The largest absolute Gasteiger partial charge is 0.397 e. The van der Waals surface area contributed by atoms with E-state index < -0.39 is 0 Å². The van der Waals surface area contributed by atoms with Crippen molar-refractivity contribution in [3.8, 4) is 0 Å². The molecule has 0 fully saturated rings. The average molecular weight is 273 g/mol. The van der Waals surface area contributed by atoms with Gasteiger partial charge in [-0.3, -0.25) is 4.79 Å². The number of pyridine rings is 1. The Morgan fingerprint density at radius 2 is 2.00 bits per heavy atom. The van der Waals surface area contributed by atoms with Gasteiger partial charge in [0.2, 0.25) is 5.91 Å². The van der Waals surface area contributed by atoms with Crippen LogP contribution in [0.4, 0.5) is 5.69 Å². The number of anilines is 1. The Morgan fingerprint density at radius 3 is 2.74 bits per heavy atom. The molecule has 5 heteroatoms. The van der Waals surface area contributed by atoms with Crippen molar-refractivity contribution in [1.29, 1.82) is 0 Å². The van der Waals surface area contributed by atoms with E-state index in [-0.39, 0.29) is 5.91 Å². The van der Waals surface area contributed by atoms with Gasteiger partial charge in [0.1, 0.15) is 5.03 Å². The van der Waals surface area contributed by atoms with Crippen LogP contribution in [-0.4, -0.2) is 16.6 Å². The molecule has 1 aromatic heterocycles. The Balaban J connectivity index is 1.78. The summed E-state index contributed by atoms with van der Waals surface area (Å²) in [5, 5.41) is 3.55. The fraction of sp³-hybridized carbons (Fsp3) is 0.143. The molecule has 0 aliphatic rings. The van der Waals surface area contributed by atoms with Crippen molar-refractivity contribution in [2.75, 3.05) is 11.5 Å². The summed E-state index contributed by atoms with van der Waals surface area (Å²) in [5.74, 6) is 0.285. The molecule has 0 aliphatic carbocycles. The summed E-state index contributed by atoms with van der Waals surface area (Å²) in [6, 6.07) is 13.3. The third kappa shape index (κ3) is 4.30. The molecular weight excluding hydrogens is 258 g/mol. The number of amides is 1. The maximum absolute atomic E-state index is 11.7. The van der Waals surface area contributed by atoms with Crippen molar-refractivity contribution in [3.05, 3.63) is 54.2 Å². The number of nitrogens with one attached hydrogen (secondary N) is 1.